The summed E-state index contributed by atoms with van der Waals surface area (Å²) in [5, 5.41) is 0. The molecule has 0 saturated heterocycles. The van der Waals surface area contributed by atoms with E-state index in [-0.39, 0.29) is 12.4 Å². The zero-order chi connectivity index (χ0) is 15.2. The van der Waals surface area contributed by atoms with Crippen molar-refractivity contribution in [1.82, 2.24) is 0 Å². The van der Waals surface area contributed by atoms with E-state index in [1.54, 1.807) is 12.1 Å². The Balaban J connectivity index is 2.76. The first-order valence-corrected chi connectivity index (χ1v) is 8.24. The van der Waals surface area contributed by atoms with Gasteiger partial charge in [0.2, 0.25) is 14.8 Å². The van der Waals surface area contributed by atoms with Crippen LogP contribution in [0, 0.1) is 0 Å². The fourth-order valence-corrected chi connectivity index (χ4v) is 2.35. The Morgan fingerprint density at radius 3 is 2.00 bits per heavy atom. The van der Waals surface area contributed by atoms with Crippen molar-refractivity contribution >= 4 is 19.7 Å². The predicted octanol–water partition coefficient (Wildman–Crippen LogP) is 2.05. The summed E-state index contributed by atoms with van der Waals surface area (Å²) in [4.78, 5) is 0. The maximum Gasteiger partial charge on any atom is 0.232 e. The van der Waals surface area contributed by atoms with Crippen LogP contribution in [0.5, 0.6) is 23.0 Å². The van der Waals surface area contributed by atoms with Gasteiger partial charge in [0.1, 0.15) is 5.75 Å². The Morgan fingerprint density at radius 1 is 1.05 bits per heavy atom. The summed E-state index contributed by atoms with van der Waals surface area (Å²) in [6.07, 6.45) is 0.294. The predicted molar refractivity (Wildman–Crippen MR) is 75.8 cm³/mol. The van der Waals surface area contributed by atoms with Crippen LogP contribution in [0.2, 0.25) is 0 Å². The molecule has 114 valence electrons. The number of hydrogen-bond donors (Lipinski definition) is 0. The van der Waals surface area contributed by atoms with Gasteiger partial charge in [0.25, 0.3) is 0 Å². The zero-order valence-corrected chi connectivity index (χ0v) is 13.1. The van der Waals surface area contributed by atoms with Crippen LogP contribution in [0.3, 0.4) is 0 Å². The SMILES string of the molecule is COc1cc(OCCCS(=O)(=O)Cl)cc(OC)c1OC. The van der Waals surface area contributed by atoms with E-state index in [1.807, 2.05) is 0 Å². The minimum atomic E-state index is -3.49. The lowest BCUT2D eigenvalue weighted by Crippen LogP contribution is -2.05. The standard InChI is InChI=1S/C12H17ClO6S/c1-16-10-7-9(8-11(17-2)12(10)18-3)19-5-4-6-20(13,14)15/h7-8H,4-6H2,1-3H3. The lowest BCUT2D eigenvalue weighted by atomic mass is 10.2. The van der Waals surface area contributed by atoms with Crippen LogP contribution in [0.4, 0.5) is 0 Å². The van der Waals surface area contributed by atoms with Crippen LogP contribution in [0.15, 0.2) is 12.1 Å². The molecule has 1 aromatic rings. The number of methoxy groups -OCH3 is 3. The van der Waals surface area contributed by atoms with Crippen LogP contribution in [0.1, 0.15) is 6.42 Å². The summed E-state index contributed by atoms with van der Waals surface area (Å²) in [5.41, 5.74) is 0. The van der Waals surface area contributed by atoms with Gasteiger partial charge in [0.05, 0.1) is 33.7 Å². The highest BCUT2D eigenvalue weighted by molar-refractivity contribution is 8.13. The Morgan fingerprint density at radius 2 is 1.60 bits per heavy atom. The molecule has 0 aliphatic heterocycles. The molecule has 0 aromatic heterocycles. The molecule has 6 nitrogen and oxygen atoms in total. The zero-order valence-electron chi connectivity index (χ0n) is 11.5. The highest BCUT2D eigenvalue weighted by Gasteiger charge is 2.14. The van der Waals surface area contributed by atoms with Gasteiger partial charge in [-0.15, -0.1) is 0 Å². The number of rotatable bonds is 8. The summed E-state index contributed by atoms with van der Waals surface area (Å²) in [5.74, 6) is 1.75. The molecule has 0 spiro atoms. The monoisotopic (exact) mass is 324 g/mol. The number of benzene rings is 1. The van der Waals surface area contributed by atoms with E-state index < -0.39 is 9.05 Å². The highest BCUT2D eigenvalue weighted by atomic mass is 35.7. The van der Waals surface area contributed by atoms with E-state index in [9.17, 15) is 8.42 Å². The third kappa shape index (κ3) is 4.97. The Hall–Kier alpha value is -1.34. The van der Waals surface area contributed by atoms with Gasteiger partial charge in [-0.25, -0.2) is 8.42 Å². The van der Waals surface area contributed by atoms with E-state index >= 15 is 0 Å². The molecule has 0 unspecified atom stereocenters. The van der Waals surface area contributed by atoms with Gasteiger partial charge in [0, 0.05) is 22.8 Å². The summed E-state index contributed by atoms with van der Waals surface area (Å²) < 4.78 is 42.5. The first-order chi connectivity index (χ1) is 9.41. The molecule has 0 atom stereocenters. The fourth-order valence-electron chi connectivity index (χ4n) is 1.56. The van der Waals surface area contributed by atoms with E-state index in [0.29, 0.717) is 29.4 Å². The number of ether oxygens (including phenoxy) is 4. The minimum Gasteiger partial charge on any atom is -0.493 e. The Kier molecular flexibility index (Phi) is 6.22. The van der Waals surface area contributed by atoms with Gasteiger partial charge < -0.3 is 18.9 Å². The maximum atomic E-state index is 10.8. The highest BCUT2D eigenvalue weighted by Crippen LogP contribution is 2.40. The average molecular weight is 325 g/mol. The van der Waals surface area contributed by atoms with E-state index in [4.69, 9.17) is 29.6 Å². The van der Waals surface area contributed by atoms with Crippen LogP contribution in [0.25, 0.3) is 0 Å². The molecule has 0 aliphatic rings. The smallest absolute Gasteiger partial charge is 0.232 e. The van der Waals surface area contributed by atoms with Crippen LogP contribution in [-0.4, -0.2) is 42.1 Å². The molecule has 0 fully saturated rings. The van der Waals surface area contributed by atoms with Crippen molar-refractivity contribution in [3.05, 3.63) is 12.1 Å². The first kappa shape index (κ1) is 16.7. The number of halogens is 1. The van der Waals surface area contributed by atoms with Crippen molar-refractivity contribution in [3.8, 4) is 23.0 Å². The normalized spacial score (nSPS) is 11.0. The van der Waals surface area contributed by atoms with Crippen molar-refractivity contribution in [3.63, 3.8) is 0 Å². The summed E-state index contributed by atoms with van der Waals surface area (Å²) in [6.45, 7) is 0.213. The van der Waals surface area contributed by atoms with Gasteiger partial charge in [0.15, 0.2) is 11.5 Å². The van der Waals surface area contributed by atoms with E-state index in [1.165, 1.54) is 21.3 Å². The molecule has 0 bridgehead atoms. The van der Waals surface area contributed by atoms with Crippen LogP contribution in [-0.2, 0) is 9.05 Å². The largest absolute Gasteiger partial charge is 0.493 e. The second-order valence-electron chi connectivity index (χ2n) is 3.81. The molecule has 0 N–H and O–H groups in total. The van der Waals surface area contributed by atoms with Crippen molar-refractivity contribution in [2.45, 2.75) is 6.42 Å². The lowest BCUT2D eigenvalue weighted by Gasteiger charge is -2.14. The topological polar surface area (TPSA) is 71.1 Å². The third-order valence-electron chi connectivity index (χ3n) is 2.44. The molecular formula is C12H17ClO6S. The molecule has 0 radical (unpaired) electrons. The second kappa shape index (κ2) is 7.44. The molecule has 1 aromatic carbocycles. The summed E-state index contributed by atoms with van der Waals surface area (Å²) in [6, 6.07) is 3.27. The van der Waals surface area contributed by atoms with Crippen LogP contribution < -0.4 is 18.9 Å². The quantitative estimate of drug-likeness (QED) is 0.538. The van der Waals surface area contributed by atoms with Gasteiger partial charge >= 0.3 is 0 Å². The molecule has 0 heterocycles. The van der Waals surface area contributed by atoms with Gasteiger partial charge in [-0.05, 0) is 6.42 Å². The van der Waals surface area contributed by atoms with E-state index in [0.717, 1.165) is 0 Å². The van der Waals surface area contributed by atoms with Crippen molar-refractivity contribution in [1.29, 1.82) is 0 Å². The van der Waals surface area contributed by atoms with Crippen molar-refractivity contribution in [2.75, 3.05) is 33.7 Å². The Labute approximate surface area is 123 Å². The molecular weight excluding hydrogens is 308 g/mol. The van der Waals surface area contributed by atoms with Gasteiger partial charge in [-0.2, -0.15) is 0 Å². The molecule has 0 saturated carbocycles. The Bertz CT molecular complexity index is 518. The minimum absolute atomic E-state index is 0.140. The van der Waals surface area contributed by atoms with E-state index in [2.05, 4.69) is 0 Å². The lowest BCUT2D eigenvalue weighted by molar-refractivity contribution is 0.299. The summed E-state index contributed by atoms with van der Waals surface area (Å²) in [7, 11) is 6.13. The summed E-state index contributed by atoms with van der Waals surface area (Å²) >= 11 is 0. The number of hydrogen-bond acceptors (Lipinski definition) is 6. The molecule has 8 heteroatoms. The molecule has 1 rings (SSSR count). The van der Waals surface area contributed by atoms with Gasteiger partial charge in [-0.1, -0.05) is 0 Å². The molecule has 20 heavy (non-hydrogen) atoms. The molecule has 0 aliphatic carbocycles. The fraction of sp³-hybridized carbons (Fsp3) is 0.500. The van der Waals surface area contributed by atoms with Gasteiger partial charge in [-0.3, -0.25) is 0 Å². The third-order valence-corrected chi connectivity index (χ3v) is 3.68. The van der Waals surface area contributed by atoms with Crippen LogP contribution >= 0.6 is 10.7 Å². The molecule has 0 amide bonds. The average Bonchev–Trinajstić information content (AvgIpc) is 2.41. The second-order valence-corrected chi connectivity index (χ2v) is 6.70. The maximum absolute atomic E-state index is 10.8. The first-order valence-electron chi connectivity index (χ1n) is 5.76. The van der Waals surface area contributed by atoms with Crippen molar-refractivity contribution < 1.29 is 27.4 Å². The van der Waals surface area contributed by atoms with Crippen molar-refractivity contribution in [2.24, 2.45) is 0 Å².